The van der Waals surface area contributed by atoms with E-state index in [-0.39, 0.29) is 35.5 Å². The van der Waals surface area contributed by atoms with Crippen molar-refractivity contribution < 1.29 is 14.3 Å². The van der Waals surface area contributed by atoms with Gasteiger partial charge in [0, 0.05) is 67.1 Å². The summed E-state index contributed by atoms with van der Waals surface area (Å²) in [6.07, 6.45) is 9.92. The third kappa shape index (κ3) is 10.3. The molecule has 0 aliphatic rings. The van der Waals surface area contributed by atoms with E-state index in [4.69, 9.17) is 55.9 Å². The fourth-order valence-corrected chi connectivity index (χ4v) is 9.61. The minimum atomic E-state index is -0.864. The van der Waals surface area contributed by atoms with E-state index in [0.29, 0.717) is 31.7 Å². The molecule has 4 aromatic heterocycles. The van der Waals surface area contributed by atoms with Gasteiger partial charge in [-0.15, -0.1) is 23.5 Å². The lowest BCUT2D eigenvalue weighted by Gasteiger charge is -2.21. The second kappa shape index (κ2) is 18.3. The van der Waals surface area contributed by atoms with Gasteiger partial charge in [-0.2, -0.15) is 0 Å². The van der Waals surface area contributed by atoms with Crippen molar-refractivity contribution >= 4 is 76.1 Å². The second-order valence-corrected chi connectivity index (χ2v) is 17.0. The summed E-state index contributed by atoms with van der Waals surface area (Å²) >= 11 is 28.5. The fourth-order valence-electron chi connectivity index (χ4n) is 5.80. The van der Waals surface area contributed by atoms with Gasteiger partial charge in [0.05, 0.1) is 21.9 Å². The molecule has 0 radical (unpaired) electrons. The van der Waals surface area contributed by atoms with Crippen molar-refractivity contribution in [3.05, 3.63) is 151 Å². The van der Waals surface area contributed by atoms with Crippen LogP contribution in [-0.4, -0.2) is 36.1 Å². The number of carbonyl (C=O) groups is 1. The van der Waals surface area contributed by atoms with Gasteiger partial charge in [-0.3, -0.25) is 9.97 Å². The molecular weight excluding hydrogens is 806 g/mol. The van der Waals surface area contributed by atoms with E-state index in [0.717, 1.165) is 43.4 Å². The summed E-state index contributed by atoms with van der Waals surface area (Å²) in [5.41, 5.74) is 5.94. The van der Waals surface area contributed by atoms with Gasteiger partial charge in [0.2, 0.25) is 0 Å². The summed E-state index contributed by atoms with van der Waals surface area (Å²) in [4.78, 5) is 38.9. The van der Waals surface area contributed by atoms with Crippen molar-refractivity contribution in [2.45, 2.75) is 73.0 Å². The first-order valence-corrected chi connectivity index (χ1v) is 20.2. The zero-order chi connectivity index (χ0) is 38.4. The van der Waals surface area contributed by atoms with E-state index in [1.54, 1.807) is 60.4 Å². The van der Waals surface area contributed by atoms with Gasteiger partial charge in [0.25, 0.3) is 0 Å². The predicted octanol–water partition coefficient (Wildman–Crippen LogP) is 12.4. The number of nitrogens with zero attached hydrogens (tertiary/aromatic N) is 4. The maximum absolute atomic E-state index is 12.8. The first-order chi connectivity index (χ1) is 25.9. The molecule has 0 bridgehead atoms. The monoisotopic (exact) mass is 840 g/mol. The van der Waals surface area contributed by atoms with Crippen LogP contribution in [0, 0.1) is 0 Å². The van der Waals surface area contributed by atoms with Crippen molar-refractivity contribution in [2.24, 2.45) is 0 Å². The fraction of sp³-hybridized carbons (Fsp3) is 0.256. The van der Waals surface area contributed by atoms with Gasteiger partial charge >= 0.3 is 6.16 Å². The third-order valence-corrected chi connectivity index (χ3v) is 11.7. The molecule has 280 valence electrons. The molecule has 0 saturated carbocycles. The molecule has 2 N–H and O–H groups in total. The lowest BCUT2D eigenvalue weighted by molar-refractivity contribution is 0.0415. The van der Waals surface area contributed by atoms with Crippen molar-refractivity contribution in [2.75, 3.05) is 0 Å². The Morgan fingerprint density at radius 1 is 0.611 bits per heavy atom. The van der Waals surface area contributed by atoms with Gasteiger partial charge in [-0.25, -0.2) is 14.8 Å². The number of imidazole rings is 2. The normalized spacial score (nSPS) is 12.6. The number of hydrogen-bond acceptors (Lipinski definition) is 9. The van der Waals surface area contributed by atoms with E-state index in [2.05, 4.69) is 57.6 Å². The molecule has 0 spiro atoms. The molecule has 2 unspecified atom stereocenters. The van der Waals surface area contributed by atoms with E-state index in [1.807, 2.05) is 48.8 Å². The standard InChI is InChI=1S/C39H36Cl4N6O3S2/c1-21(2)31-15-44-7-5-29(31)37(53-27-11-23(40)9-24(41)12-27)33-17-46-35(48-33)19-51-39(50)52-20-36-47-18-34(49-36)38(30-6-8-45-16-32(30)22(3)4)54-28-13-25(42)10-26(43)14-28/h5-18,21-22,37-38H,19-20H2,1-4H3,(H,46,48)(H,47,49). The summed E-state index contributed by atoms with van der Waals surface area (Å²) < 4.78 is 10.9. The average Bonchev–Trinajstić information content (AvgIpc) is 3.80. The molecule has 15 heteroatoms. The topological polar surface area (TPSA) is 119 Å². The van der Waals surface area contributed by atoms with Crippen LogP contribution in [0.4, 0.5) is 4.79 Å². The average molecular weight is 843 g/mol. The zero-order valence-corrected chi connectivity index (χ0v) is 34.3. The molecule has 9 nitrogen and oxygen atoms in total. The van der Waals surface area contributed by atoms with Crippen molar-refractivity contribution in [3.63, 3.8) is 0 Å². The summed E-state index contributed by atoms with van der Waals surface area (Å²) in [7, 11) is 0. The number of rotatable bonds is 14. The first kappa shape index (κ1) is 40.0. The van der Waals surface area contributed by atoms with Crippen molar-refractivity contribution in [3.8, 4) is 0 Å². The molecule has 0 fully saturated rings. The second-order valence-electron chi connectivity index (χ2n) is 12.9. The molecule has 0 saturated heterocycles. The zero-order valence-electron chi connectivity index (χ0n) is 29.6. The van der Waals surface area contributed by atoms with Crippen molar-refractivity contribution in [1.29, 1.82) is 0 Å². The number of carbonyl (C=O) groups excluding carboxylic acids is 1. The minimum Gasteiger partial charge on any atom is -0.426 e. The first-order valence-electron chi connectivity index (χ1n) is 16.9. The van der Waals surface area contributed by atoms with Crippen molar-refractivity contribution in [1.82, 2.24) is 29.9 Å². The highest BCUT2D eigenvalue weighted by Crippen LogP contribution is 2.45. The van der Waals surface area contributed by atoms with Crippen LogP contribution in [0.25, 0.3) is 0 Å². The third-order valence-electron chi connectivity index (χ3n) is 8.28. The van der Waals surface area contributed by atoms with Crippen LogP contribution in [0.3, 0.4) is 0 Å². The molecule has 0 amide bonds. The summed E-state index contributed by atoms with van der Waals surface area (Å²) in [6, 6.07) is 14.9. The predicted molar refractivity (Wildman–Crippen MR) is 217 cm³/mol. The number of nitrogens with one attached hydrogen (secondary N) is 2. The number of H-pyrrole nitrogens is 2. The Hall–Kier alpha value is -3.71. The highest BCUT2D eigenvalue weighted by atomic mass is 35.5. The quantitative estimate of drug-likeness (QED) is 0.0816. The number of pyridine rings is 2. The van der Waals surface area contributed by atoms with Crippen LogP contribution >= 0.6 is 69.9 Å². The largest absolute Gasteiger partial charge is 0.509 e. The molecule has 0 aliphatic carbocycles. The Balaban J connectivity index is 1.13. The van der Waals surface area contributed by atoms with Gasteiger partial charge in [-0.1, -0.05) is 74.1 Å². The number of aromatic amines is 2. The Labute approximate surface area is 342 Å². The minimum absolute atomic E-state index is 0.128. The van der Waals surface area contributed by atoms with Crippen LogP contribution in [-0.2, 0) is 22.7 Å². The Morgan fingerprint density at radius 2 is 1.00 bits per heavy atom. The van der Waals surface area contributed by atoms with Crippen LogP contribution in [0.2, 0.25) is 20.1 Å². The molecule has 4 heterocycles. The number of halogens is 4. The Morgan fingerprint density at radius 3 is 1.37 bits per heavy atom. The Kier molecular flexibility index (Phi) is 13.5. The van der Waals surface area contributed by atoms with Crippen LogP contribution in [0.1, 0.15) is 95.3 Å². The highest BCUT2D eigenvalue weighted by Gasteiger charge is 2.25. The molecule has 6 aromatic rings. The summed E-state index contributed by atoms with van der Waals surface area (Å²) in [5.74, 6) is 1.36. The molecule has 2 aromatic carbocycles. The lowest BCUT2D eigenvalue weighted by atomic mass is 9.96. The maximum atomic E-state index is 12.8. The lowest BCUT2D eigenvalue weighted by Crippen LogP contribution is -2.09. The smallest absolute Gasteiger partial charge is 0.426 e. The van der Waals surface area contributed by atoms with Gasteiger partial charge in [-0.05, 0) is 82.6 Å². The van der Waals surface area contributed by atoms with Gasteiger partial charge in [0.1, 0.15) is 11.6 Å². The SMILES string of the molecule is CC(C)c1cnccc1C(Sc1cc(Cl)cc(Cl)c1)c1cnc(COC(=O)OCc2ncc(C(Sc3cc(Cl)cc(Cl)c3)c3ccncc3C(C)C)[nH]2)[nH]1. The molecule has 6 rings (SSSR count). The molecule has 54 heavy (non-hydrogen) atoms. The van der Waals surface area contributed by atoms with E-state index in [9.17, 15) is 4.79 Å². The number of ether oxygens (including phenoxy) is 2. The van der Waals surface area contributed by atoms with E-state index in [1.165, 1.54) is 0 Å². The summed E-state index contributed by atoms with van der Waals surface area (Å²) in [5, 5.41) is 1.76. The van der Waals surface area contributed by atoms with Crippen LogP contribution < -0.4 is 0 Å². The summed E-state index contributed by atoms with van der Waals surface area (Å²) in [6.45, 7) is 8.24. The number of hydrogen-bond donors (Lipinski definition) is 2. The Bertz CT molecular complexity index is 2040. The number of benzene rings is 2. The molecule has 2 atom stereocenters. The maximum Gasteiger partial charge on any atom is 0.509 e. The number of thioether (sulfide) groups is 2. The van der Waals surface area contributed by atoms with E-state index >= 15 is 0 Å². The van der Waals surface area contributed by atoms with Crippen LogP contribution in [0.5, 0.6) is 0 Å². The molecule has 0 aliphatic heterocycles. The van der Waals surface area contributed by atoms with E-state index < -0.39 is 6.16 Å². The highest BCUT2D eigenvalue weighted by molar-refractivity contribution is 8.00. The number of aromatic nitrogens is 6. The van der Waals surface area contributed by atoms with Gasteiger partial charge < -0.3 is 19.4 Å². The molecular formula is C39H36Cl4N6O3S2. The van der Waals surface area contributed by atoms with Gasteiger partial charge in [0.15, 0.2) is 13.2 Å². The van der Waals surface area contributed by atoms with Crippen LogP contribution in [0.15, 0.2) is 95.5 Å².